The number of rotatable bonds is 7. The van der Waals surface area contributed by atoms with Gasteiger partial charge in [-0.3, -0.25) is 0 Å². The Morgan fingerprint density at radius 2 is 2.11 bits per heavy atom. The summed E-state index contributed by atoms with van der Waals surface area (Å²) >= 11 is 3.25. The fraction of sp³-hybridized carbons (Fsp3) is 0.538. The Hall–Kier alpha value is -0.650. The van der Waals surface area contributed by atoms with E-state index in [1.165, 1.54) is 6.07 Å². The first kappa shape index (κ1) is 15.4. The third-order valence-electron chi connectivity index (χ3n) is 2.24. The maximum atomic E-state index is 13.5. The van der Waals surface area contributed by atoms with Crippen molar-refractivity contribution < 1.29 is 14.2 Å². The molecule has 1 atom stereocenters. The van der Waals surface area contributed by atoms with E-state index >= 15 is 0 Å². The van der Waals surface area contributed by atoms with E-state index in [2.05, 4.69) is 21.2 Å². The molecule has 1 aromatic carbocycles. The van der Waals surface area contributed by atoms with Crippen LogP contribution in [0, 0.1) is 11.7 Å². The number of hydrogen-bond acceptors (Lipinski definition) is 3. The van der Waals surface area contributed by atoms with Crippen LogP contribution in [-0.2, 0) is 4.74 Å². The predicted octanol–water partition coefficient (Wildman–Crippen LogP) is 3.03. The van der Waals surface area contributed by atoms with Crippen molar-refractivity contribution >= 4 is 21.6 Å². The minimum absolute atomic E-state index is 0.247. The topological polar surface area (TPSA) is 41.5 Å². The first-order valence-corrected chi connectivity index (χ1v) is 6.73. The van der Waals surface area contributed by atoms with Gasteiger partial charge in [-0.15, -0.1) is 0 Å². The summed E-state index contributed by atoms with van der Waals surface area (Å²) < 4.78 is 19.4. The molecule has 0 saturated heterocycles. The third kappa shape index (κ3) is 5.33. The van der Waals surface area contributed by atoms with Gasteiger partial charge in [0.25, 0.3) is 0 Å². The lowest BCUT2D eigenvalue weighted by molar-refractivity contribution is 0.0317. The maximum Gasteiger partial charge on any atom is 0.147 e. The molecule has 0 heterocycles. The summed E-state index contributed by atoms with van der Waals surface area (Å²) in [4.78, 5) is 0. The van der Waals surface area contributed by atoms with Crippen LogP contribution in [0.4, 0.5) is 10.1 Å². The van der Waals surface area contributed by atoms with Crippen LogP contribution < -0.4 is 5.32 Å². The first-order valence-electron chi connectivity index (χ1n) is 5.94. The summed E-state index contributed by atoms with van der Waals surface area (Å²) in [5, 5.41) is 12.5. The normalized spacial score (nSPS) is 12.8. The molecule has 3 nitrogen and oxygen atoms in total. The SMILES string of the molecule is CC(C)COCC(O)CNc1c(F)cccc1Br. The molecule has 0 spiro atoms. The fourth-order valence-electron chi connectivity index (χ4n) is 1.39. The van der Waals surface area contributed by atoms with Gasteiger partial charge in [0.2, 0.25) is 0 Å². The van der Waals surface area contributed by atoms with Crippen molar-refractivity contribution in [2.24, 2.45) is 5.92 Å². The third-order valence-corrected chi connectivity index (χ3v) is 2.90. The Bertz CT molecular complexity index is 354. The minimum Gasteiger partial charge on any atom is -0.389 e. The minimum atomic E-state index is -0.657. The Balaban J connectivity index is 2.36. The van der Waals surface area contributed by atoms with Crippen molar-refractivity contribution in [3.05, 3.63) is 28.5 Å². The largest absolute Gasteiger partial charge is 0.389 e. The number of nitrogens with one attached hydrogen (secondary N) is 1. The van der Waals surface area contributed by atoms with E-state index in [9.17, 15) is 9.50 Å². The highest BCUT2D eigenvalue weighted by atomic mass is 79.9. The summed E-state index contributed by atoms with van der Waals surface area (Å²) in [5.41, 5.74) is 0.361. The van der Waals surface area contributed by atoms with Gasteiger partial charge in [-0.2, -0.15) is 0 Å². The van der Waals surface area contributed by atoms with Gasteiger partial charge in [0, 0.05) is 17.6 Å². The van der Waals surface area contributed by atoms with Gasteiger partial charge in [-0.05, 0) is 34.0 Å². The molecule has 2 N–H and O–H groups in total. The second kappa shape index (κ2) is 7.71. The van der Waals surface area contributed by atoms with Crippen molar-refractivity contribution in [2.45, 2.75) is 20.0 Å². The maximum absolute atomic E-state index is 13.5. The highest BCUT2D eigenvalue weighted by Gasteiger charge is 2.09. The van der Waals surface area contributed by atoms with Crippen molar-refractivity contribution in [3.63, 3.8) is 0 Å². The van der Waals surface area contributed by atoms with E-state index in [1.807, 2.05) is 13.8 Å². The molecule has 1 aromatic rings. The van der Waals surface area contributed by atoms with E-state index in [0.29, 0.717) is 22.7 Å². The van der Waals surface area contributed by atoms with Gasteiger partial charge in [-0.1, -0.05) is 19.9 Å². The highest BCUT2D eigenvalue weighted by Crippen LogP contribution is 2.24. The van der Waals surface area contributed by atoms with Gasteiger partial charge in [0.1, 0.15) is 5.82 Å². The molecular weight excluding hydrogens is 301 g/mol. The average Bonchev–Trinajstić information content (AvgIpc) is 2.27. The molecule has 0 aliphatic carbocycles. The van der Waals surface area contributed by atoms with Crippen molar-refractivity contribution in [3.8, 4) is 0 Å². The average molecular weight is 320 g/mol. The number of aliphatic hydroxyl groups is 1. The van der Waals surface area contributed by atoms with Crippen molar-refractivity contribution in [2.75, 3.05) is 25.1 Å². The molecule has 5 heteroatoms. The molecule has 0 aliphatic rings. The number of anilines is 1. The van der Waals surface area contributed by atoms with Gasteiger partial charge >= 0.3 is 0 Å². The van der Waals surface area contributed by atoms with E-state index in [0.717, 1.165) is 0 Å². The van der Waals surface area contributed by atoms with Crippen LogP contribution in [0.1, 0.15) is 13.8 Å². The summed E-state index contributed by atoms with van der Waals surface area (Å²) in [5.74, 6) is 0.0885. The molecule has 0 radical (unpaired) electrons. The number of hydrogen-bond donors (Lipinski definition) is 2. The Labute approximate surface area is 115 Å². The molecule has 0 bridgehead atoms. The molecule has 1 unspecified atom stereocenters. The Morgan fingerprint density at radius 1 is 1.39 bits per heavy atom. The number of halogens is 2. The zero-order valence-corrected chi connectivity index (χ0v) is 12.2. The molecule has 102 valence electrons. The quantitative estimate of drug-likeness (QED) is 0.811. The van der Waals surface area contributed by atoms with Crippen molar-refractivity contribution in [1.82, 2.24) is 0 Å². The zero-order chi connectivity index (χ0) is 13.5. The van der Waals surface area contributed by atoms with Crippen LogP contribution in [0.25, 0.3) is 0 Å². The monoisotopic (exact) mass is 319 g/mol. The lowest BCUT2D eigenvalue weighted by Crippen LogP contribution is -2.26. The van der Waals surface area contributed by atoms with Gasteiger partial charge < -0.3 is 15.2 Å². The molecular formula is C13H19BrFNO2. The van der Waals surface area contributed by atoms with Gasteiger partial charge in [-0.25, -0.2) is 4.39 Å². The smallest absolute Gasteiger partial charge is 0.147 e. The van der Waals surface area contributed by atoms with Gasteiger partial charge in [0.15, 0.2) is 0 Å². The molecule has 0 saturated carbocycles. The summed E-state index contributed by atoms with van der Waals surface area (Å²) in [6, 6.07) is 4.73. The molecule has 18 heavy (non-hydrogen) atoms. The zero-order valence-electron chi connectivity index (χ0n) is 10.6. The predicted molar refractivity (Wildman–Crippen MR) is 74.3 cm³/mol. The first-order chi connectivity index (χ1) is 8.50. The fourth-order valence-corrected chi connectivity index (χ4v) is 1.87. The molecule has 0 aliphatic heterocycles. The Morgan fingerprint density at radius 3 is 2.72 bits per heavy atom. The van der Waals surface area contributed by atoms with Gasteiger partial charge in [0.05, 0.1) is 18.4 Å². The van der Waals surface area contributed by atoms with Crippen LogP contribution in [-0.4, -0.2) is 31.0 Å². The number of para-hydroxylation sites is 1. The van der Waals surface area contributed by atoms with E-state index in [4.69, 9.17) is 4.74 Å². The molecule has 0 fully saturated rings. The number of ether oxygens (including phenoxy) is 1. The van der Waals surface area contributed by atoms with Crippen LogP contribution >= 0.6 is 15.9 Å². The second-order valence-corrected chi connectivity index (χ2v) is 5.42. The standard InChI is InChI=1S/C13H19BrFNO2/c1-9(2)7-18-8-10(17)6-16-13-11(14)4-3-5-12(13)15/h3-5,9-10,16-17H,6-8H2,1-2H3. The van der Waals surface area contributed by atoms with Crippen LogP contribution in [0.3, 0.4) is 0 Å². The van der Waals surface area contributed by atoms with Crippen molar-refractivity contribution in [1.29, 1.82) is 0 Å². The van der Waals surface area contributed by atoms with Crippen LogP contribution in [0.2, 0.25) is 0 Å². The summed E-state index contributed by atoms with van der Waals surface area (Å²) in [7, 11) is 0. The molecule has 0 amide bonds. The second-order valence-electron chi connectivity index (χ2n) is 4.56. The summed E-state index contributed by atoms with van der Waals surface area (Å²) in [6.45, 7) is 5.19. The van der Waals surface area contributed by atoms with Crippen LogP contribution in [0.5, 0.6) is 0 Å². The van der Waals surface area contributed by atoms with E-state index in [-0.39, 0.29) is 19.0 Å². The Kier molecular flexibility index (Phi) is 6.60. The lowest BCUT2D eigenvalue weighted by Gasteiger charge is -2.15. The summed E-state index contributed by atoms with van der Waals surface area (Å²) in [6.07, 6.45) is -0.657. The highest BCUT2D eigenvalue weighted by molar-refractivity contribution is 9.10. The van der Waals surface area contributed by atoms with Crippen LogP contribution in [0.15, 0.2) is 22.7 Å². The number of benzene rings is 1. The number of aliphatic hydroxyl groups excluding tert-OH is 1. The molecule has 1 rings (SSSR count). The lowest BCUT2D eigenvalue weighted by atomic mass is 10.2. The van der Waals surface area contributed by atoms with E-state index < -0.39 is 6.10 Å². The van der Waals surface area contributed by atoms with E-state index in [1.54, 1.807) is 12.1 Å². The molecule has 0 aromatic heterocycles.